The number of nitrogens with zero attached hydrogens (tertiary/aromatic N) is 1. The van der Waals surface area contributed by atoms with Crippen LogP contribution in [0.5, 0.6) is 5.88 Å². The van der Waals surface area contributed by atoms with Crippen LogP contribution in [0.3, 0.4) is 0 Å². The van der Waals surface area contributed by atoms with E-state index in [0.717, 1.165) is 31.5 Å². The number of ether oxygens (including phenoxy) is 1. The number of nitrogens with one attached hydrogen (secondary N) is 2. The predicted molar refractivity (Wildman–Crippen MR) is 81.0 cm³/mol. The minimum absolute atomic E-state index is 0.00925. The number of carbonyl (C=O) groups excluding carboxylic acids is 1. The number of hydrogen-bond donors (Lipinski definition) is 2. The minimum atomic E-state index is -0.281. The Kier molecular flexibility index (Phi) is 7.47. The third kappa shape index (κ3) is 5.91. The van der Waals surface area contributed by atoms with Crippen molar-refractivity contribution in [2.24, 2.45) is 0 Å². The van der Waals surface area contributed by atoms with Gasteiger partial charge in [-0.15, -0.1) is 0 Å². The van der Waals surface area contributed by atoms with Crippen molar-refractivity contribution >= 4 is 11.6 Å². The Morgan fingerprint density at radius 1 is 1.35 bits per heavy atom. The van der Waals surface area contributed by atoms with Crippen LogP contribution >= 0.6 is 0 Å². The van der Waals surface area contributed by atoms with Crippen molar-refractivity contribution in [1.29, 1.82) is 0 Å². The lowest BCUT2D eigenvalue weighted by atomic mass is 10.2. The lowest BCUT2D eigenvalue weighted by molar-refractivity contribution is -0.121. The van der Waals surface area contributed by atoms with E-state index in [-0.39, 0.29) is 11.9 Å². The molecular formula is C15H25N3O2. The molecule has 0 aromatic carbocycles. The van der Waals surface area contributed by atoms with Crippen LogP contribution in [0.2, 0.25) is 0 Å². The Morgan fingerprint density at radius 2 is 2.15 bits per heavy atom. The molecule has 112 valence electrons. The van der Waals surface area contributed by atoms with E-state index in [1.165, 1.54) is 0 Å². The van der Waals surface area contributed by atoms with Crippen LogP contribution in [0.4, 0.5) is 5.69 Å². The number of rotatable bonds is 9. The number of pyridine rings is 1. The zero-order chi connectivity index (χ0) is 14.8. The summed E-state index contributed by atoms with van der Waals surface area (Å²) in [4.78, 5) is 16.0. The lowest BCUT2D eigenvalue weighted by Crippen LogP contribution is -2.38. The summed E-state index contributed by atoms with van der Waals surface area (Å²) in [6, 6.07) is 3.37. The molecule has 5 heteroatoms. The van der Waals surface area contributed by atoms with Gasteiger partial charge >= 0.3 is 0 Å². The highest BCUT2D eigenvalue weighted by molar-refractivity contribution is 5.84. The Bertz CT molecular complexity index is 393. The number of hydrogen-bond acceptors (Lipinski definition) is 4. The van der Waals surface area contributed by atoms with Gasteiger partial charge in [-0.1, -0.05) is 19.8 Å². The molecule has 0 bridgehead atoms. The maximum absolute atomic E-state index is 11.9. The van der Waals surface area contributed by atoms with Gasteiger partial charge in [0.1, 0.15) is 6.04 Å². The molecule has 1 heterocycles. The number of carbonyl (C=O) groups is 1. The molecule has 1 rings (SSSR count). The molecule has 0 aliphatic carbocycles. The Hall–Kier alpha value is -1.78. The molecule has 0 saturated heterocycles. The summed E-state index contributed by atoms with van der Waals surface area (Å²) in [7, 11) is 0. The maximum atomic E-state index is 11.9. The highest BCUT2D eigenvalue weighted by Crippen LogP contribution is 2.12. The van der Waals surface area contributed by atoms with Gasteiger partial charge in [0.25, 0.3) is 0 Å². The first-order valence-electron chi connectivity index (χ1n) is 7.30. The summed E-state index contributed by atoms with van der Waals surface area (Å²) in [5, 5.41) is 6.04. The van der Waals surface area contributed by atoms with Gasteiger partial charge in [-0.25, -0.2) is 4.98 Å². The fourth-order valence-corrected chi connectivity index (χ4v) is 1.75. The molecule has 0 spiro atoms. The number of aromatic nitrogens is 1. The van der Waals surface area contributed by atoms with Crippen LogP contribution in [-0.2, 0) is 4.79 Å². The van der Waals surface area contributed by atoms with Gasteiger partial charge in [0.05, 0.1) is 18.5 Å². The first-order chi connectivity index (χ1) is 9.67. The minimum Gasteiger partial charge on any atom is -0.478 e. The molecule has 20 heavy (non-hydrogen) atoms. The zero-order valence-electron chi connectivity index (χ0n) is 12.6. The summed E-state index contributed by atoms with van der Waals surface area (Å²) in [6.07, 6.45) is 5.00. The molecule has 0 fully saturated rings. The Balaban J connectivity index is 2.36. The topological polar surface area (TPSA) is 63.2 Å². The fraction of sp³-hybridized carbons (Fsp3) is 0.600. The molecule has 1 amide bonds. The molecule has 2 N–H and O–H groups in total. The van der Waals surface area contributed by atoms with Crippen molar-refractivity contribution in [2.75, 3.05) is 18.5 Å². The molecule has 0 radical (unpaired) electrons. The monoisotopic (exact) mass is 279 g/mol. The van der Waals surface area contributed by atoms with Crippen LogP contribution < -0.4 is 15.4 Å². The van der Waals surface area contributed by atoms with Crippen molar-refractivity contribution in [3.05, 3.63) is 18.3 Å². The van der Waals surface area contributed by atoms with Gasteiger partial charge in [-0.05, 0) is 26.3 Å². The molecule has 1 atom stereocenters. The van der Waals surface area contributed by atoms with Gasteiger partial charge < -0.3 is 15.4 Å². The molecule has 0 aliphatic heterocycles. The van der Waals surface area contributed by atoms with Gasteiger partial charge in [-0.3, -0.25) is 4.79 Å². The standard InChI is InChI=1S/C15H25N3O2/c1-4-6-7-10-16-15(19)12(3)18-13-8-9-14(17-11-13)20-5-2/h8-9,11-12,18H,4-7,10H2,1-3H3,(H,16,19). The van der Waals surface area contributed by atoms with Crippen LogP contribution in [0.25, 0.3) is 0 Å². The Morgan fingerprint density at radius 3 is 2.75 bits per heavy atom. The molecule has 0 aliphatic rings. The van der Waals surface area contributed by atoms with E-state index >= 15 is 0 Å². The van der Waals surface area contributed by atoms with Crippen LogP contribution in [-0.4, -0.2) is 30.1 Å². The smallest absolute Gasteiger partial charge is 0.242 e. The van der Waals surface area contributed by atoms with E-state index in [0.29, 0.717) is 12.5 Å². The van der Waals surface area contributed by atoms with Gasteiger partial charge in [0.15, 0.2) is 0 Å². The quantitative estimate of drug-likeness (QED) is 0.682. The predicted octanol–water partition coefficient (Wildman–Crippen LogP) is 2.59. The Labute approximate surface area is 121 Å². The van der Waals surface area contributed by atoms with Crippen molar-refractivity contribution in [1.82, 2.24) is 10.3 Å². The molecule has 1 aromatic rings. The zero-order valence-corrected chi connectivity index (χ0v) is 12.6. The third-order valence-electron chi connectivity index (χ3n) is 2.88. The summed E-state index contributed by atoms with van der Waals surface area (Å²) in [5.41, 5.74) is 0.810. The van der Waals surface area contributed by atoms with Crippen molar-refractivity contribution in [3.63, 3.8) is 0 Å². The van der Waals surface area contributed by atoms with Crippen LogP contribution in [0, 0.1) is 0 Å². The summed E-state index contributed by atoms with van der Waals surface area (Å²) < 4.78 is 5.27. The third-order valence-corrected chi connectivity index (χ3v) is 2.88. The fourth-order valence-electron chi connectivity index (χ4n) is 1.75. The van der Waals surface area contributed by atoms with E-state index in [4.69, 9.17) is 4.74 Å². The number of unbranched alkanes of at least 4 members (excludes halogenated alkanes) is 2. The van der Waals surface area contributed by atoms with Crippen molar-refractivity contribution in [3.8, 4) is 5.88 Å². The second-order valence-electron chi connectivity index (χ2n) is 4.68. The first kappa shape index (κ1) is 16.3. The summed E-state index contributed by atoms with van der Waals surface area (Å²) >= 11 is 0. The largest absolute Gasteiger partial charge is 0.478 e. The summed E-state index contributed by atoms with van der Waals surface area (Å²) in [5.74, 6) is 0.602. The van der Waals surface area contributed by atoms with Crippen LogP contribution in [0.15, 0.2) is 18.3 Å². The number of anilines is 1. The van der Waals surface area contributed by atoms with E-state index in [2.05, 4.69) is 22.5 Å². The highest BCUT2D eigenvalue weighted by atomic mass is 16.5. The molecule has 5 nitrogen and oxygen atoms in total. The number of amides is 1. The van der Waals surface area contributed by atoms with Gasteiger partial charge in [0, 0.05) is 12.6 Å². The normalized spacial score (nSPS) is 11.8. The maximum Gasteiger partial charge on any atom is 0.242 e. The molecule has 1 unspecified atom stereocenters. The van der Waals surface area contributed by atoms with E-state index in [1.807, 2.05) is 19.9 Å². The van der Waals surface area contributed by atoms with E-state index < -0.39 is 0 Å². The van der Waals surface area contributed by atoms with E-state index in [1.54, 1.807) is 12.3 Å². The lowest BCUT2D eigenvalue weighted by Gasteiger charge is -2.15. The molecular weight excluding hydrogens is 254 g/mol. The molecule has 1 aromatic heterocycles. The van der Waals surface area contributed by atoms with Crippen molar-refractivity contribution in [2.45, 2.75) is 46.1 Å². The average molecular weight is 279 g/mol. The second kappa shape index (κ2) is 9.18. The van der Waals surface area contributed by atoms with Crippen molar-refractivity contribution < 1.29 is 9.53 Å². The first-order valence-corrected chi connectivity index (χ1v) is 7.30. The van der Waals surface area contributed by atoms with Crippen LogP contribution in [0.1, 0.15) is 40.0 Å². The average Bonchev–Trinajstić information content (AvgIpc) is 2.45. The van der Waals surface area contributed by atoms with E-state index in [9.17, 15) is 4.79 Å². The highest BCUT2D eigenvalue weighted by Gasteiger charge is 2.11. The van der Waals surface area contributed by atoms with Gasteiger partial charge in [0.2, 0.25) is 11.8 Å². The summed E-state index contributed by atoms with van der Waals surface area (Å²) in [6.45, 7) is 7.23. The second-order valence-corrected chi connectivity index (χ2v) is 4.68. The molecule has 0 saturated carbocycles. The SMILES string of the molecule is CCCCCNC(=O)C(C)Nc1ccc(OCC)nc1. The van der Waals surface area contributed by atoms with Gasteiger partial charge in [-0.2, -0.15) is 0 Å².